The van der Waals surface area contributed by atoms with Crippen LogP contribution in [-0.4, -0.2) is 100 Å². The zero-order valence-corrected chi connectivity index (χ0v) is 39.9. The molecule has 3 aliphatic heterocycles. The average molecular weight is 1050 g/mol. The second-order valence-electron chi connectivity index (χ2n) is 17.3. The Kier molecular flexibility index (Phi) is 16.6. The topological polar surface area (TPSA) is 202 Å². The number of rotatable bonds is 7. The summed E-state index contributed by atoms with van der Waals surface area (Å²) in [6.07, 6.45) is 0.319. The average Bonchev–Trinajstić information content (AvgIpc) is 3.86. The summed E-state index contributed by atoms with van der Waals surface area (Å²) < 4.78 is 84.4. The van der Waals surface area contributed by atoms with Crippen LogP contribution in [0.4, 0.5) is 27.2 Å². The summed E-state index contributed by atoms with van der Waals surface area (Å²) in [7, 11) is 0. The van der Waals surface area contributed by atoms with E-state index in [0.29, 0.717) is 30.3 Å². The quantitative estimate of drug-likeness (QED) is 0.135. The number of fused-ring (bicyclic) bond motifs is 1. The molecule has 2 unspecified atom stereocenters. The van der Waals surface area contributed by atoms with Crippen LogP contribution in [0.5, 0.6) is 0 Å². The molecule has 2 amide bonds. The van der Waals surface area contributed by atoms with Crippen LogP contribution in [-0.2, 0) is 40.9 Å². The largest absolute Gasteiger partial charge is 0.444 e. The molecule has 16 nitrogen and oxygen atoms in total. The Balaban J connectivity index is 0.000000216. The Morgan fingerprint density at radius 2 is 1.11 bits per heavy atom. The van der Waals surface area contributed by atoms with Crippen molar-refractivity contribution in [3.8, 4) is 0 Å². The molecule has 0 aromatic heterocycles. The van der Waals surface area contributed by atoms with Crippen molar-refractivity contribution in [1.82, 2.24) is 9.80 Å². The van der Waals surface area contributed by atoms with Crippen molar-refractivity contribution in [1.29, 1.82) is 0 Å². The zero-order chi connectivity index (χ0) is 49.6. The van der Waals surface area contributed by atoms with Gasteiger partial charge in [0.05, 0.1) is 18.7 Å². The molecule has 2 saturated heterocycles. The monoisotopic (exact) mass is 1050 g/mol. The molecular weight excluding hydrogens is 995 g/mol. The molecule has 0 radical (unpaired) electrons. The first-order chi connectivity index (χ1) is 30.6. The third-order valence-electron chi connectivity index (χ3n) is 9.45. The molecular formula is C45H53F4IN2O14. The number of aliphatic hydroxyl groups is 1. The maximum Gasteiger partial charge on any atom is 0.410 e. The molecule has 2 fully saturated rings. The van der Waals surface area contributed by atoms with Crippen LogP contribution in [0.2, 0.25) is 0 Å². The SMILES string of the molecule is CC(=O)OI1(OC(C)=O)(OC(C)=O)OC(=O)c2ccccc21.CC(C)(C)OC(=O)N1C[C@H](c2cc(F)cc(F)c2)CC1C=O.CC(C)(C)OC(=O)N1C[C@H](c2cc(F)cc(F)c2)CC1CO. The van der Waals surface area contributed by atoms with Crippen molar-refractivity contribution in [2.24, 2.45) is 0 Å². The number of nitrogens with zero attached hydrogens (tertiary/aromatic N) is 2. The Morgan fingerprint density at radius 1 is 0.697 bits per heavy atom. The Labute approximate surface area is 381 Å². The molecule has 21 heteroatoms. The predicted molar refractivity (Wildman–Crippen MR) is 234 cm³/mol. The van der Waals surface area contributed by atoms with Crippen LogP contribution in [0.15, 0.2) is 60.7 Å². The zero-order valence-electron chi connectivity index (χ0n) is 37.7. The first-order valence-corrected chi connectivity index (χ1v) is 25.0. The fourth-order valence-corrected chi connectivity index (χ4v) is 14.9. The number of carbonyl (C=O) groups is 7. The molecule has 4 atom stereocenters. The van der Waals surface area contributed by atoms with E-state index in [2.05, 4.69) is 0 Å². The van der Waals surface area contributed by atoms with E-state index < -0.39 is 101 Å². The van der Waals surface area contributed by atoms with Gasteiger partial charge in [0.2, 0.25) is 0 Å². The maximum atomic E-state index is 13.3. The minimum atomic E-state index is -6.03. The third kappa shape index (κ3) is 13.4. The van der Waals surface area contributed by atoms with Crippen molar-refractivity contribution >= 4 is 61.1 Å². The normalized spacial score (nSPS) is 20.9. The molecule has 6 rings (SSSR count). The van der Waals surface area contributed by atoms with Gasteiger partial charge < -0.3 is 24.3 Å². The van der Waals surface area contributed by atoms with Crippen LogP contribution in [0.1, 0.15) is 108 Å². The van der Waals surface area contributed by atoms with Crippen molar-refractivity contribution in [2.75, 3.05) is 19.7 Å². The summed E-state index contributed by atoms with van der Waals surface area (Å²) in [6.45, 7) is 13.8. The Morgan fingerprint density at radius 3 is 1.52 bits per heavy atom. The van der Waals surface area contributed by atoms with Gasteiger partial charge in [0, 0.05) is 37.1 Å². The molecule has 0 spiro atoms. The third-order valence-corrected chi connectivity index (χ3v) is 17.6. The van der Waals surface area contributed by atoms with Gasteiger partial charge in [-0.2, -0.15) is 0 Å². The first-order valence-electron chi connectivity index (χ1n) is 20.4. The van der Waals surface area contributed by atoms with Crippen molar-refractivity contribution in [3.63, 3.8) is 0 Å². The van der Waals surface area contributed by atoms with Crippen LogP contribution in [0.3, 0.4) is 0 Å². The number of ether oxygens (including phenoxy) is 2. The van der Waals surface area contributed by atoms with Gasteiger partial charge in [0.1, 0.15) is 40.8 Å². The number of aldehydes is 1. The molecule has 362 valence electrons. The second kappa shape index (κ2) is 20.8. The summed E-state index contributed by atoms with van der Waals surface area (Å²) in [6, 6.07) is 11.3. The van der Waals surface area contributed by atoms with Gasteiger partial charge in [-0.1, -0.05) is 0 Å². The number of halogens is 5. The predicted octanol–water partition coefficient (Wildman–Crippen LogP) is 8.26. The van der Waals surface area contributed by atoms with E-state index in [4.69, 9.17) is 21.7 Å². The van der Waals surface area contributed by atoms with Gasteiger partial charge >= 0.3 is 140 Å². The molecule has 66 heavy (non-hydrogen) atoms. The summed E-state index contributed by atoms with van der Waals surface area (Å²) >= 11 is -6.03. The smallest absolute Gasteiger partial charge is 0.410 e. The molecule has 0 saturated carbocycles. The molecule has 3 aliphatic rings. The van der Waals surface area contributed by atoms with Crippen molar-refractivity contribution < 1.29 is 78.0 Å². The molecule has 3 aromatic carbocycles. The van der Waals surface area contributed by atoms with Crippen molar-refractivity contribution in [2.45, 2.75) is 110 Å². The van der Waals surface area contributed by atoms with Gasteiger partial charge in [-0.15, -0.1) is 0 Å². The molecule has 3 aromatic rings. The van der Waals surface area contributed by atoms with E-state index in [1.54, 1.807) is 47.6 Å². The van der Waals surface area contributed by atoms with Crippen molar-refractivity contribution in [3.05, 3.63) is 104 Å². The number of likely N-dealkylation sites (tertiary alicyclic amines) is 2. The van der Waals surface area contributed by atoms with Crippen LogP contribution < -0.4 is 0 Å². The van der Waals surface area contributed by atoms with Gasteiger partial charge in [0.15, 0.2) is 0 Å². The van der Waals surface area contributed by atoms with E-state index in [1.165, 1.54) is 52.3 Å². The first kappa shape index (κ1) is 52.8. The second-order valence-corrected chi connectivity index (χ2v) is 24.2. The number of hydrogen-bond donors (Lipinski definition) is 1. The van der Waals surface area contributed by atoms with Gasteiger partial charge in [-0.25, -0.2) is 27.2 Å². The minimum absolute atomic E-state index is 0.0142. The number of amides is 2. The fraction of sp³-hybridized carbons (Fsp3) is 0.444. The van der Waals surface area contributed by atoms with E-state index in [-0.39, 0.29) is 40.7 Å². The molecule has 0 aliphatic carbocycles. The summed E-state index contributed by atoms with van der Waals surface area (Å²) in [4.78, 5) is 85.0. The molecule has 1 N–H and O–H groups in total. The summed E-state index contributed by atoms with van der Waals surface area (Å²) in [5, 5.41) is 9.46. The van der Waals surface area contributed by atoms with Crippen LogP contribution >= 0.6 is 18.7 Å². The van der Waals surface area contributed by atoms with Gasteiger partial charge in [-0.3, -0.25) is 4.90 Å². The molecule has 0 bridgehead atoms. The maximum absolute atomic E-state index is 13.3. The van der Waals surface area contributed by atoms with Crippen LogP contribution in [0, 0.1) is 26.8 Å². The number of carbonyl (C=O) groups excluding carboxylic acids is 7. The minimum Gasteiger partial charge on any atom is -0.444 e. The van der Waals surface area contributed by atoms with Crippen LogP contribution in [0.25, 0.3) is 0 Å². The van der Waals surface area contributed by atoms with E-state index >= 15 is 0 Å². The van der Waals surface area contributed by atoms with Gasteiger partial charge in [0.25, 0.3) is 0 Å². The van der Waals surface area contributed by atoms with E-state index in [1.807, 2.05) is 0 Å². The number of aliphatic hydroxyl groups excluding tert-OH is 1. The standard InChI is InChI=1S/C16H21F2NO3.C16H19F2NO3.C13H13IO8/c2*1-16(2,3)22-15(21)19-8-11(6-14(19)9-20)10-4-12(17)7-13(18)5-10;1-8(15)19-14(20-9(2)16,21-10(3)17)12-7-5-4-6-11(12)13(18)22-14/h4-5,7,11,14,20H,6,8-9H2,1-3H3;4-5,7,9,11,14H,6,8H2,1-3H3;4-7H,1-3H3/t2*11-,14?;/m11./s1. The van der Waals surface area contributed by atoms with E-state index in [0.717, 1.165) is 32.9 Å². The molecule has 3 heterocycles. The Hall–Kier alpha value is -5.84. The van der Waals surface area contributed by atoms with E-state index in [9.17, 15) is 56.2 Å². The Bertz CT molecular complexity index is 2260. The summed E-state index contributed by atoms with van der Waals surface area (Å²) in [5.41, 5.74) is -0.369. The number of hydrogen-bond acceptors (Lipinski definition) is 14. The number of benzene rings is 3. The fourth-order valence-electron chi connectivity index (χ4n) is 7.15. The van der Waals surface area contributed by atoms with Gasteiger partial charge in [-0.05, 0) is 89.8 Å². The summed E-state index contributed by atoms with van der Waals surface area (Å²) in [5.74, 6) is -6.81.